The molecule has 41 heavy (non-hydrogen) atoms. The van der Waals surface area contributed by atoms with Gasteiger partial charge in [0.25, 0.3) is 0 Å². The molecule has 0 saturated carbocycles. The topological polar surface area (TPSA) is 123 Å². The van der Waals surface area contributed by atoms with Crippen molar-refractivity contribution < 1.29 is 14.6 Å². The number of nitrogens with two attached hydrogens (primary N) is 2. The average Bonchev–Trinajstić information content (AvgIpc) is 3.00. The summed E-state index contributed by atoms with van der Waals surface area (Å²) in [4.78, 5) is 12.3. The van der Waals surface area contributed by atoms with Crippen LogP contribution in [-0.2, 0) is 13.0 Å². The summed E-state index contributed by atoms with van der Waals surface area (Å²) in [6.45, 7) is 2.11. The Kier molecular flexibility index (Phi) is 10.9. The summed E-state index contributed by atoms with van der Waals surface area (Å²) < 4.78 is 5.64. The number of hydrogen-bond donors (Lipinski definition) is 5. The van der Waals surface area contributed by atoms with Crippen molar-refractivity contribution in [2.45, 2.75) is 31.9 Å². The van der Waals surface area contributed by atoms with Crippen LogP contribution in [-0.4, -0.2) is 37.6 Å². The lowest BCUT2D eigenvalue weighted by molar-refractivity contribution is 0.0985. The summed E-state index contributed by atoms with van der Waals surface area (Å²) in [5, 5.41) is 17.1. The number of ether oxygens (including phenoxy) is 1. The SMILES string of the molecule is COc1ccc(-c2cccc(CCNc3cccc(C(O)CCN)c3)c2)cc1CNc1cccc(C(=O)CCN)c1. The number of carbonyl (C=O) groups is 1. The molecule has 0 saturated heterocycles. The number of ketones is 1. The molecule has 7 nitrogen and oxygen atoms in total. The zero-order chi connectivity index (χ0) is 29.0. The second-order valence-electron chi connectivity index (χ2n) is 10.0. The quantitative estimate of drug-likeness (QED) is 0.123. The minimum absolute atomic E-state index is 0.0423. The third-order valence-corrected chi connectivity index (χ3v) is 7.03. The summed E-state index contributed by atoms with van der Waals surface area (Å²) in [6.07, 6.45) is 1.19. The molecule has 214 valence electrons. The van der Waals surface area contributed by atoms with Crippen LogP contribution in [0.5, 0.6) is 5.75 Å². The van der Waals surface area contributed by atoms with Crippen LogP contribution < -0.4 is 26.8 Å². The molecule has 1 unspecified atom stereocenters. The van der Waals surface area contributed by atoms with Gasteiger partial charge in [0.2, 0.25) is 0 Å². The number of carbonyl (C=O) groups excluding carboxylic acids is 1. The highest BCUT2D eigenvalue weighted by atomic mass is 16.5. The minimum atomic E-state index is -0.543. The van der Waals surface area contributed by atoms with E-state index in [1.807, 2.05) is 54.6 Å². The van der Waals surface area contributed by atoms with E-state index in [0.29, 0.717) is 38.0 Å². The number of aliphatic hydroxyl groups is 1. The molecule has 0 aliphatic heterocycles. The Morgan fingerprint density at radius 3 is 2.39 bits per heavy atom. The van der Waals surface area contributed by atoms with Crippen LogP contribution in [0.4, 0.5) is 11.4 Å². The monoisotopic (exact) mass is 552 g/mol. The first-order chi connectivity index (χ1) is 20.0. The van der Waals surface area contributed by atoms with E-state index in [9.17, 15) is 9.90 Å². The van der Waals surface area contributed by atoms with E-state index in [1.165, 1.54) is 5.56 Å². The molecular weight excluding hydrogens is 512 g/mol. The smallest absolute Gasteiger partial charge is 0.164 e. The highest BCUT2D eigenvalue weighted by molar-refractivity contribution is 5.97. The molecule has 0 spiro atoms. The van der Waals surface area contributed by atoms with Crippen LogP contribution in [0, 0.1) is 0 Å². The van der Waals surface area contributed by atoms with Crippen LogP contribution in [0.25, 0.3) is 11.1 Å². The molecule has 0 heterocycles. The molecule has 4 rings (SSSR count). The number of nitrogens with one attached hydrogen (secondary N) is 2. The van der Waals surface area contributed by atoms with Crippen molar-refractivity contribution in [2.24, 2.45) is 11.5 Å². The molecule has 7 heteroatoms. The fraction of sp³-hybridized carbons (Fsp3) is 0.265. The number of aliphatic hydroxyl groups excluding tert-OH is 1. The largest absolute Gasteiger partial charge is 0.496 e. The molecule has 0 fully saturated rings. The lowest BCUT2D eigenvalue weighted by atomic mass is 9.99. The van der Waals surface area contributed by atoms with Crippen LogP contribution in [0.2, 0.25) is 0 Å². The highest BCUT2D eigenvalue weighted by Gasteiger charge is 2.10. The van der Waals surface area contributed by atoms with E-state index < -0.39 is 6.10 Å². The summed E-state index contributed by atoms with van der Waals surface area (Å²) in [5.41, 5.74) is 19.0. The molecule has 4 aromatic rings. The molecule has 1 atom stereocenters. The van der Waals surface area contributed by atoms with Gasteiger partial charge in [-0.3, -0.25) is 4.79 Å². The number of rotatable bonds is 15. The van der Waals surface area contributed by atoms with Crippen molar-refractivity contribution in [1.29, 1.82) is 0 Å². The van der Waals surface area contributed by atoms with E-state index >= 15 is 0 Å². The first-order valence-electron chi connectivity index (χ1n) is 14.1. The Bertz CT molecular complexity index is 1440. The Morgan fingerprint density at radius 2 is 1.61 bits per heavy atom. The van der Waals surface area contributed by atoms with Gasteiger partial charge >= 0.3 is 0 Å². The van der Waals surface area contributed by atoms with E-state index in [1.54, 1.807) is 7.11 Å². The van der Waals surface area contributed by atoms with Crippen LogP contribution in [0.3, 0.4) is 0 Å². The minimum Gasteiger partial charge on any atom is -0.496 e. The maximum atomic E-state index is 12.3. The molecule has 0 radical (unpaired) electrons. The molecule has 0 aromatic heterocycles. The van der Waals surface area contributed by atoms with Gasteiger partial charge in [-0.15, -0.1) is 0 Å². The van der Waals surface area contributed by atoms with Crippen LogP contribution >= 0.6 is 0 Å². The van der Waals surface area contributed by atoms with Crippen molar-refractivity contribution in [3.8, 4) is 16.9 Å². The second-order valence-corrected chi connectivity index (χ2v) is 10.0. The predicted octanol–water partition coefficient (Wildman–Crippen LogP) is 5.54. The number of benzene rings is 4. The molecule has 0 aliphatic rings. The van der Waals surface area contributed by atoms with Gasteiger partial charge in [-0.25, -0.2) is 0 Å². The standard InChI is InChI=1S/C34H40N4O3/c1-41-34-12-11-26(20-29(34)23-38-31-10-4-8-28(22-31)33(40)14-17-36)25-6-2-5-24(19-25)15-18-37-30-9-3-7-27(21-30)32(39)13-16-35/h2-12,19-22,32,37-39H,13-18,23,35-36H2,1H3. The second kappa shape index (κ2) is 15.0. The van der Waals surface area contributed by atoms with Gasteiger partial charge in [-0.05, 0) is 84.6 Å². The molecule has 0 aliphatic carbocycles. The third kappa shape index (κ3) is 8.41. The normalized spacial score (nSPS) is 11.6. The number of hydrogen-bond acceptors (Lipinski definition) is 7. The maximum absolute atomic E-state index is 12.3. The number of methoxy groups -OCH3 is 1. The van der Waals surface area contributed by atoms with Gasteiger partial charge in [0.15, 0.2) is 5.78 Å². The zero-order valence-corrected chi connectivity index (χ0v) is 23.6. The lowest BCUT2D eigenvalue weighted by Crippen LogP contribution is -2.09. The molecule has 7 N–H and O–H groups in total. The molecule has 0 bridgehead atoms. The molecule has 0 amide bonds. The van der Waals surface area contributed by atoms with E-state index in [0.717, 1.165) is 52.3 Å². The first-order valence-corrected chi connectivity index (χ1v) is 14.1. The van der Waals surface area contributed by atoms with Crippen molar-refractivity contribution in [1.82, 2.24) is 0 Å². The maximum Gasteiger partial charge on any atom is 0.164 e. The summed E-state index contributed by atoms with van der Waals surface area (Å²) in [7, 11) is 1.67. The highest BCUT2D eigenvalue weighted by Crippen LogP contribution is 2.28. The van der Waals surface area contributed by atoms with Gasteiger partial charge in [0.1, 0.15) is 5.75 Å². The summed E-state index contributed by atoms with van der Waals surface area (Å²) >= 11 is 0. The zero-order valence-electron chi connectivity index (χ0n) is 23.6. The Morgan fingerprint density at radius 1 is 0.854 bits per heavy atom. The van der Waals surface area contributed by atoms with Crippen molar-refractivity contribution in [3.63, 3.8) is 0 Å². The molecule has 4 aromatic carbocycles. The summed E-state index contributed by atoms with van der Waals surface area (Å²) in [5.74, 6) is 0.844. The van der Waals surface area contributed by atoms with Gasteiger partial charge in [-0.2, -0.15) is 0 Å². The van der Waals surface area contributed by atoms with Gasteiger partial charge < -0.3 is 31.9 Å². The van der Waals surface area contributed by atoms with Gasteiger partial charge in [0, 0.05) is 42.0 Å². The van der Waals surface area contributed by atoms with Crippen molar-refractivity contribution in [3.05, 3.63) is 113 Å². The van der Waals surface area contributed by atoms with Crippen molar-refractivity contribution >= 4 is 17.2 Å². The summed E-state index contributed by atoms with van der Waals surface area (Å²) in [6, 6.07) is 30.1. The first kappa shape index (κ1) is 29.8. The average molecular weight is 553 g/mol. The predicted molar refractivity (Wildman–Crippen MR) is 167 cm³/mol. The third-order valence-electron chi connectivity index (χ3n) is 7.03. The van der Waals surface area contributed by atoms with Crippen LogP contribution in [0.15, 0.2) is 91.0 Å². The van der Waals surface area contributed by atoms with E-state index in [-0.39, 0.29) is 5.78 Å². The Hall–Kier alpha value is -4.17. The fourth-order valence-electron chi connectivity index (χ4n) is 4.81. The lowest BCUT2D eigenvalue weighted by Gasteiger charge is -2.14. The fourth-order valence-corrected chi connectivity index (χ4v) is 4.81. The number of anilines is 2. The van der Waals surface area contributed by atoms with Gasteiger partial charge in [0.05, 0.1) is 13.2 Å². The van der Waals surface area contributed by atoms with E-state index in [2.05, 4.69) is 47.0 Å². The molecular formula is C34H40N4O3. The van der Waals surface area contributed by atoms with Crippen molar-refractivity contribution in [2.75, 3.05) is 37.4 Å². The van der Waals surface area contributed by atoms with E-state index in [4.69, 9.17) is 16.2 Å². The number of Topliss-reactive ketones (excluding diaryl/α,β-unsaturated/α-hetero) is 1. The Balaban J connectivity index is 1.42. The van der Waals surface area contributed by atoms with Crippen LogP contribution in [0.1, 0.15) is 46.0 Å². The Labute approximate surface area is 242 Å². The van der Waals surface area contributed by atoms with Gasteiger partial charge in [-0.1, -0.05) is 54.6 Å².